The van der Waals surface area contributed by atoms with Crippen LogP contribution in [0.2, 0.25) is 0 Å². The predicted molar refractivity (Wildman–Crippen MR) is 56.5 cm³/mol. The second-order valence-corrected chi connectivity index (χ2v) is 4.54. The standard InChI is InChI=1S/C9H10F3N3S/c1-5-8(16-9(10,11)12)6-3-2-4-7(13)15(6)14-5/h2-5,14H,13H2,1H3. The summed E-state index contributed by atoms with van der Waals surface area (Å²) < 4.78 is 37.0. The topological polar surface area (TPSA) is 41.3 Å². The fraction of sp³-hybridized carbons (Fsp3) is 0.333. The molecule has 0 aromatic heterocycles. The largest absolute Gasteiger partial charge is 0.446 e. The Hall–Kier alpha value is -1.08. The van der Waals surface area contributed by atoms with Crippen LogP contribution in [0.4, 0.5) is 13.2 Å². The van der Waals surface area contributed by atoms with E-state index < -0.39 is 11.6 Å². The summed E-state index contributed by atoms with van der Waals surface area (Å²) in [6.07, 6.45) is 4.88. The maximum atomic E-state index is 12.3. The van der Waals surface area contributed by atoms with Crippen LogP contribution in [0.5, 0.6) is 0 Å². The highest BCUT2D eigenvalue weighted by atomic mass is 32.2. The molecule has 1 atom stereocenters. The zero-order valence-electron chi connectivity index (χ0n) is 8.38. The van der Waals surface area contributed by atoms with Crippen molar-refractivity contribution in [1.29, 1.82) is 0 Å². The summed E-state index contributed by atoms with van der Waals surface area (Å²) in [7, 11) is 0. The molecule has 0 aliphatic carbocycles. The van der Waals surface area contributed by atoms with E-state index in [9.17, 15) is 13.2 Å². The highest BCUT2D eigenvalue weighted by molar-refractivity contribution is 8.04. The van der Waals surface area contributed by atoms with E-state index in [0.29, 0.717) is 11.5 Å². The number of halogens is 3. The van der Waals surface area contributed by atoms with E-state index in [0.717, 1.165) is 0 Å². The van der Waals surface area contributed by atoms with Crippen LogP contribution in [0, 0.1) is 0 Å². The minimum absolute atomic E-state index is 0.0984. The van der Waals surface area contributed by atoms with Gasteiger partial charge in [0.25, 0.3) is 0 Å². The molecule has 2 heterocycles. The first-order valence-corrected chi connectivity index (χ1v) is 5.40. The van der Waals surface area contributed by atoms with Gasteiger partial charge in [-0.1, -0.05) is 6.08 Å². The number of alkyl halides is 3. The van der Waals surface area contributed by atoms with Gasteiger partial charge in [-0.2, -0.15) is 13.2 Å². The number of hydrazine groups is 1. The monoisotopic (exact) mass is 249 g/mol. The number of nitrogens with two attached hydrogens (primary N) is 1. The Kier molecular flexibility index (Phi) is 2.67. The third-order valence-corrected chi connectivity index (χ3v) is 3.23. The van der Waals surface area contributed by atoms with Crippen molar-refractivity contribution in [3.8, 4) is 0 Å². The minimum atomic E-state index is -4.28. The number of thioether (sulfide) groups is 1. The van der Waals surface area contributed by atoms with Gasteiger partial charge in [0.15, 0.2) is 0 Å². The Morgan fingerprint density at radius 2 is 2.19 bits per heavy atom. The highest BCUT2D eigenvalue weighted by Gasteiger charge is 2.38. The number of fused-ring (bicyclic) bond motifs is 1. The van der Waals surface area contributed by atoms with Crippen LogP contribution < -0.4 is 11.2 Å². The second-order valence-electron chi connectivity index (χ2n) is 3.43. The summed E-state index contributed by atoms with van der Waals surface area (Å²) in [5, 5.41) is 1.47. The maximum absolute atomic E-state index is 12.3. The summed E-state index contributed by atoms with van der Waals surface area (Å²) in [6, 6.07) is -0.392. The van der Waals surface area contributed by atoms with Gasteiger partial charge in [0, 0.05) is 4.91 Å². The van der Waals surface area contributed by atoms with E-state index in [-0.39, 0.29) is 16.7 Å². The molecule has 0 saturated carbocycles. The fourth-order valence-corrected chi connectivity index (χ4v) is 2.34. The molecule has 0 aromatic rings. The molecule has 0 aromatic carbocycles. The van der Waals surface area contributed by atoms with Gasteiger partial charge in [0.1, 0.15) is 5.82 Å². The van der Waals surface area contributed by atoms with Gasteiger partial charge in [-0.15, -0.1) is 0 Å². The Morgan fingerprint density at radius 1 is 1.50 bits per heavy atom. The normalized spacial score (nSPS) is 24.9. The van der Waals surface area contributed by atoms with Gasteiger partial charge in [-0.05, 0) is 30.8 Å². The summed E-state index contributed by atoms with van der Waals surface area (Å²) in [6.45, 7) is 1.67. The Labute approximate surface area is 94.8 Å². The Bertz CT molecular complexity index is 397. The van der Waals surface area contributed by atoms with Gasteiger partial charge >= 0.3 is 5.51 Å². The summed E-state index contributed by atoms with van der Waals surface area (Å²) >= 11 is -0.0984. The lowest BCUT2D eigenvalue weighted by atomic mass is 10.2. The van der Waals surface area contributed by atoms with Crippen molar-refractivity contribution in [1.82, 2.24) is 10.4 Å². The van der Waals surface area contributed by atoms with Crippen LogP contribution >= 0.6 is 11.8 Å². The van der Waals surface area contributed by atoms with Crippen LogP contribution in [0.15, 0.2) is 34.7 Å². The van der Waals surface area contributed by atoms with Crippen LogP contribution in [0.25, 0.3) is 0 Å². The average molecular weight is 249 g/mol. The molecule has 3 nitrogen and oxygen atoms in total. The van der Waals surface area contributed by atoms with Gasteiger partial charge in [0.05, 0.1) is 11.7 Å². The number of rotatable bonds is 1. The highest BCUT2D eigenvalue weighted by Crippen LogP contribution is 2.43. The molecule has 3 N–H and O–H groups in total. The molecule has 0 fully saturated rings. The summed E-state index contributed by atoms with van der Waals surface area (Å²) in [5.74, 6) is 0.391. The molecule has 88 valence electrons. The molecule has 0 amide bonds. The molecule has 7 heteroatoms. The maximum Gasteiger partial charge on any atom is 0.446 e. The molecule has 0 bridgehead atoms. The van der Waals surface area contributed by atoms with E-state index in [4.69, 9.17) is 5.73 Å². The van der Waals surface area contributed by atoms with Crippen molar-refractivity contribution in [2.24, 2.45) is 5.73 Å². The van der Waals surface area contributed by atoms with Crippen molar-refractivity contribution in [2.75, 3.05) is 0 Å². The molecular formula is C9H10F3N3S. The number of hydrogen-bond donors (Lipinski definition) is 2. The van der Waals surface area contributed by atoms with Crippen LogP contribution in [0.1, 0.15) is 6.92 Å². The lowest BCUT2D eigenvalue weighted by Gasteiger charge is -2.23. The van der Waals surface area contributed by atoms with E-state index >= 15 is 0 Å². The number of allylic oxidation sites excluding steroid dienone is 3. The molecule has 2 rings (SSSR count). The first-order valence-electron chi connectivity index (χ1n) is 4.58. The molecular weight excluding hydrogens is 239 g/mol. The first kappa shape index (κ1) is 11.4. The number of hydrogen-bond acceptors (Lipinski definition) is 4. The molecule has 2 aliphatic rings. The van der Waals surface area contributed by atoms with Crippen molar-refractivity contribution in [3.63, 3.8) is 0 Å². The number of nitrogens with zero attached hydrogens (tertiary/aromatic N) is 1. The van der Waals surface area contributed by atoms with Crippen LogP contribution in [-0.2, 0) is 0 Å². The fourth-order valence-electron chi connectivity index (χ4n) is 1.60. The molecule has 0 radical (unpaired) electrons. The lowest BCUT2D eigenvalue weighted by molar-refractivity contribution is -0.0323. The second kappa shape index (κ2) is 3.74. The number of nitrogens with one attached hydrogen (secondary N) is 1. The van der Waals surface area contributed by atoms with Crippen molar-refractivity contribution >= 4 is 11.8 Å². The van der Waals surface area contributed by atoms with E-state index in [1.165, 1.54) is 5.01 Å². The van der Waals surface area contributed by atoms with Crippen LogP contribution in [-0.4, -0.2) is 16.6 Å². The van der Waals surface area contributed by atoms with Gasteiger partial charge in [-0.25, -0.2) is 5.43 Å². The van der Waals surface area contributed by atoms with E-state index in [1.54, 1.807) is 25.2 Å². The zero-order chi connectivity index (χ0) is 11.9. The summed E-state index contributed by atoms with van der Waals surface area (Å²) in [4.78, 5) is 0.236. The predicted octanol–water partition coefficient (Wildman–Crippen LogP) is 2.03. The molecule has 16 heavy (non-hydrogen) atoms. The third-order valence-electron chi connectivity index (χ3n) is 2.21. The van der Waals surface area contributed by atoms with E-state index in [2.05, 4.69) is 5.43 Å². The summed E-state index contributed by atoms with van der Waals surface area (Å²) in [5.41, 5.74) is 4.72. The first-order chi connectivity index (χ1) is 7.38. The van der Waals surface area contributed by atoms with Crippen molar-refractivity contribution in [2.45, 2.75) is 18.5 Å². The van der Waals surface area contributed by atoms with Gasteiger partial charge in [0.2, 0.25) is 0 Å². The van der Waals surface area contributed by atoms with E-state index in [1.807, 2.05) is 0 Å². The lowest BCUT2D eigenvalue weighted by Crippen LogP contribution is -2.38. The molecule has 2 aliphatic heterocycles. The molecule has 1 unspecified atom stereocenters. The van der Waals surface area contributed by atoms with Gasteiger partial charge in [-0.3, -0.25) is 5.01 Å². The Balaban J connectivity index is 2.32. The zero-order valence-corrected chi connectivity index (χ0v) is 9.19. The smallest absolute Gasteiger partial charge is 0.384 e. The van der Waals surface area contributed by atoms with Crippen LogP contribution in [0.3, 0.4) is 0 Å². The van der Waals surface area contributed by atoms with Crippen molar-refractivity contribution in [3.05, 3.63) is 34.7 Å². The molecule has 0 saturated heterocycles. The third kappa shape index (κ3) is 2.05. The molecule has 0 spiro atoms. The average Bonchev–Trinajstić information content (AvgIpc) is 2.44. The SMILES string of the molecule is CC1NN2C(N)=CC=CC2=C1SC(F)(F)F. The van der Waals surface area contributed by atoms with Crippen molar-refractivity contribution < 1.29 is 13.2 Å². The van der Waals surface area contributed by atoms with Gasteiger partial charge < -0.3 is 5.73 Å². The Morgan fingerprint density at radius 3 is 2.81 bits per heavy atom. The quantitative estimate of drug-likeness (QED) is 0.746. The minimum Gasteiger partial charge on any atom is -0.384 e.